The van der Waals surface area contributed by atoms with Crippen molar-refractivity contribution in [2.24, 2.45) is 5.14 Å². The van der Waals surface area contributed by atoms with E-state index in [0.29, 0.717) is 6.07 Å². The Labute approximate surface area is 98.4 Å². The maximum Gasteiger partial charge on any atom is 0.574 e. The third-order valence-electron chi connectivity index (χ3n) is 1.66. The first-order valence-corrected chi connectivity index (χ1v) is 5.69. The molecule has 0 radical (unpaired) electrons. The van der Waals surface area contributed by atoms with E-state index in [9.17, 15) is 26.4 Å². The van der Waals surface area contributed by atoms with Gasteiger partial charge in [-0.05, 0) is 0 Å². The number of hydrogen-bond donors (Lipinski definition) is 2. The summed E-state index contributed by atoms with van der Waals surface area (Å²) in [6.45, 7) is 0. The van der Waals surface area contributed by atoms with E-state index in [1.54, 1.807) is 4.98 Å². The fourth-order valence-corrected chi connectivity index (χ4v) is 1.54. The fraction of sp³-hybridized carbons (Fsp3) is 0.286. The van der Waals surface area contributed by atoms with Crippen molar-refractivity contribution in [3.05, 3.63) is 16.3 Å². The summed E-state index contributed by atoms with van der Waals surface area (Å²) in [4.78, 5) is 13.0. The minimum atomic E-state index is -5.13. The molecule has 1 aromatic rings. The summed E-state index contributed by atoms with van der Waals surface area (Å²) in [5.74, 6) is -2.01. The van der Waals surface area contributed by atoms with E-state index in [0.717, 1.165) is 7.11 Å². The molecule has 3 N–H and O–H groups in total. The van der Waals surface area contributed by atoms with Gasteiger partial charge in [-0.25, -0.2) is 13.6 Å². The molecule has 18 heavy (non-hydrogen) atoms. The van der Waals surface area contributed by atoms with Crippen LogP contribution in [0.1, 0.15) is 0 Å². The summed E-state index contributed by atoms with van der Waals surface area (Å²) in [7, 11) is -3.47. The highest BCUT2D eigenvalue weighted by Crippen LogP contribution is 2.27. The zero-order valence-electron chi connectivity index (χ0n) is 8.74. The lowest BCUT2D eigenvalue weighted by atomic mass is 10.4. The Morgan fingerprint density at radius 3 is 2.33 bits per heavy atom. The number of H-pyrrole nitrogens is 1. The Bertz CT molecular complexity index is 606. The molecule has 0 aliphatic carbocycles. The molecule has 11 heteroatoms. The number of hydrogen-bond acceptors (Lipinski definition) is 5. The summed E-state index contributed by atoms with van der Waals surface area (Å²) in [6, 6.07) is 0.484. The van der Waals surface area contributed by atoms with Gasteiger partial charge in [0.2, 0.25) is 17.1 Å². The number of methoxy groups -OCH3 is 1. The largest absolute Gasteiger partial charge is 0.574 e. The third-order valence-corrected chi connectivity index (χ3v) is 2.49. The Hall–Kier alpha value is -1.75. The van der Waals surface area contributed by atoms with Crippen LogP contribution in [0, 0.1) is 0 Å². The molecule has 0 amide bonds. The van der Waals surface area contributed by atoms with Gasteiger partial charge in [0, 0.05) is 6.07 Å². The van der Waals surface area contributed by atoms with Crippen molar-refractivity contribution in [1.82, 2.24) is 4.98 Å². The minimum absolute atomic E-state index is 0.484. The number of halogens is 3. The normalized spacial score (nSPS) is 12.3. The monoisotopic (exact) mass is 288 g/mol. The second-order valence-electron chi connectivity index (χ2n) is 2.95. The number of alkyl halides is 3. The highest BCUT2D eigenvalue weighted by molar-refractivity contribution is 7.89. The Morgan fingerprint density at radius 2 is 1.94 bits per heavy atom. The molecule has 1 heterocycles. The number of sulfonamides is 1. The fourth-order valence-electron chi connectivity index (χ4n) is 1.04. The molecule has 0 aliphatic rings. The number of nitrogens with one attached hydrogen (secondary N) is 1. The van der Waals surface area contributed by atoms with E-state index < -0.39 is 38.5 Å². The number of nitrogens with two attached hydrogens (primary N) is 1. The summed E-state index contributed by atoms with van der Waals surface area (Å²) in [5, 5.41) is 3.75. The number of primary sulfonamides is 1. The zero-order chi connectivity index (χ0) is 14.1. The smallest absolute Gasteiger partial charge is 0.488 e. The summed E-state index contributed by atoms with van der Waals surface area (Å²) >= 11 is 0. The second kappa shape index (κ2) is 4.49. The van der Waals surface area contributed by atoms with Gasteiger partial charge < -0.3 is 14.5 Å². The molecule has 1 rings (SSSR count). The van der Waals surface area contributed by atoms with Crippen LogP contribution in [0.4, 0.5) is 13.2 Å². The van der Waals surface area contributed by atoms with Crippen LogP contribution in [0.15, 0.2) is 15.9 Å². The lowest BCUT2D eigenvalue weighted by Gasteiger charge is -2.12. The molecule has 0 spiro atoms. The topological polar surface area (TPSA) is 111 Å². The van der Waals surface area contributed by atoms with Crippen molar-refractivity contribution < 1.29 is 31.1 Å². The van der Waals surface area contributed by atoms with Gasteiger partial charge >= 0.3 is 6.36 Å². The van der Waals surface area contributed by atoms with Crippen LogP contribution in [0.5, 0.6) is 11.6 Å². The number of pyridine rings is 1. The van der Waals surface area contributed by atoms with Crippen LogP contribution in [0.3, 0.4) is 0 Å². The van der Waals surface area contributed by atoms with Gasteiger partial charge in [-0.2, -0.15) is 0 Å². The van der Waals surface area contributed by atoms with E-state index in [4.69, 9.17) is 0 Å². The van der Waals surface area contributed by atoms with E-state index in [2.05, 4.69) is 14.6 Å². The molecule has 0 unspecified atom stereocenters. The van der Waals surface area contributed by atoms with Crippen molar-refractivity contribution in [1.29, 1.82) is 0 Å². The Balaban J connectivity index is 3.47. The van der Waals surface area contributed by atoms with Crippen LogP contribution in [0.25, 0.3) is 0 Å². The van der Waals surface area contributed by atoms with Crippen LogP contribution in [-0.4, -0.2) is 26.9 Å². The molecule has 102 valence electrons. The molecule has 0 bridgehead atoms. The van der Waals surface area contributed by atoms with Crippen molar-refractivity contribution in [2.45, 2.75) is 11.4 Å². The molecular formula is C7H7F3N2O5S. The molecule has 0 saturated carbocycles. The Kier molecular flexibility index (Phi) is 3.57. The van der Waals surface area contributed by atoms with Crippen molar-refractivity contribution in [3.63, 3.8) is 0 Å². The minimum Gasteiger partial charge on any atom is -0.488 e. The molecule has 0 aliphatic heterocycles. The highest BCUT2D eigenvalue weighted by atomic mass is 32.2. The number of rotatable bonds is 3. The van der Waals surface area contributed by atoms with Crippen molar-refractivity contribution in [3.8, 4) is 11.6 Å². The van der Waals surface area contributed by atoms with Crippen LogP contribution in [0.2, 0.25) is 0 Å². The maximum absolute atomic E-state index is 12.0. The SMILES string of the molecule is COc1c(OC(F)(F)F)[nH]c(S(N)(=O)=O)cc1=O. The van der Waals surface area contributed by atoms with E-state index in [1.165, 1.54) is 0 Å². The first kappa shape index (κ1) is 14.3. The summed E-state index contributed by atoms with van der Waals surface area (Å²) in [5.41, 5.74) is -1.13. The first-order valence-electron chi connectivity index (χ1n) is 4.14. The quantitative estimate of drug-likeness (QED) is 0.808. The van der Waals surface area contributed by atoms with Gasteiger partial charge in [0.1, 0.15) is 0 Å². The average molecular weight is 288 g/mol. The molecule has 1 aromatic heterocycles. The van der Waals surface area contributed by atoms with Crippen LogP contribution < -0.4 is 20.0 Å². The Morgan fingerprint density at radius 1 is 1.39 bits per heavy atom. The van der Waals surface area contributed by atoms with E-state index in [1.807, 2.05) is 0 Å². The van der Waals surface area contributed by atoms with Gasteiger partial charge in [-0.15, -0.1) is 13.2 Å². The molecule has 7 nitrogen and oxygen atoms in total. The maximum atomic E-state index is 12.0. The number of ether oxygens (including phenoxy) is 2. The van der Waals surface area contributed by atoms with Gasteiger partial charge in [0.05, 0.1) is 7.11 Å². The lowest BCUT2D eigenvalue weighted by Crippen LogP contribution is -2.23. The third kappa shape index (κ3) is 3.37. The van der Waals surface area contributed by atoms with Crippen molar-refractivity contribution in [2.75, 3.05) is 7.11 Å². The van der Waals surface area contributed by atoms with Crippen LogP contribution >= 0.6 is 0 Å². The molecular weight excluding hydrogens is 281 g/mol. The summed E-state index contributed by atoms with van der Waals surface area (Å²) < 4.78 is 65.8. The molecule has 0 saturated heterocycles. The predicted molar refractivity (Wildman–Crippen MR) is 51.7 cm³/mol. The predicted octanol–water partition coefficient (Wildman–Crippen LogP) is -0.0705. The van der Waals surface area contributed by atoms with Crippen molar-refractivity contribution >= 4 is 10.0 Å². The van der Waals surface area contributed by atoms with Gasteiger partial charge in [0.25, 0.3) is 10.0 Å². The first-order chi connectivity index (χ1) is 8.04. The lowest BCUT2D eigenvalue weighted by molar-refractivity contribution is -0.276. The standard InChI is InChI=1S/C7H7F3N2O5S/c1-16-5-3(13)2-4(18(11,14)15)12-6(5)17-7(8,9)10/h2H,1H3,(H,12,13)(H2,11,14,15). The van der Waals surface area contributed by atoms with E-state index in [-0.39, 0.29) is 0 Å². The zero-order valence-corrected chi connectivity index (χ0v) is 9.55. The number of aromatic amines is 1. The molecule has 0 atom stereocenters. The van der Waals surface area contributed by atoms with Gasteiger partial charge in [-0.3, -0.25) is 4.79 Å². The number of aromatic nitrogens is 1. The summed E-state index contributed by atoms with van der Waals surface area (Å²) in [6.07, 6.45) is -5.13. The second-order valence-corrected chi connectivity index (χ2v) is 4.48. The van der Waals surface area contributed by atoms with Crippen LogP contribution in [-0.2, 0) is 10.0 Å². The molecule has 0 fully saturated rings. The van der Waals surface area contributed by atoms with Gasteiger partial charge in [0.15, 0.2) is 5.03 Å². The average Bonchev–Trinajstić information content (AvgIpc) is 2.13. The van der Waals surface area contributed by atoms with E-state index >= 15 is 0 Å². The molecule has 0 aromatic carbocycles. The van der Waals surface area contributed by atoms with Gasteiger partial charge in [-0.1, -0.05) is 0 Å². The highest BCUT2D eigenvalue weighted by Gasteiger charge is 2.34.